The normalized spacial score (nSPS) is 18.2. The number of carbonyl (C=O) groups excluding carboxylic acids is 1. The smallest absolute Gasteiger partial charge is 0.231 e. The van der Waals surface area contributed by atoms with Crippen molar-refractivity contribution in [2.45, 2.75) is 30.6 Å². The molecule has 2 rings (SSSR count). The Morgan fingerprint density at radius 1 is 1.68 bits per heavy atom. The first-order valence-electron chi connectivity index (χ1n) is 6.00. The largest absolute Gasteiger partial charge is 0.376 e. The van der Waals surface area contributed by atoms with Gasteiger partial charge in [0.05, 0.1) is 24.9 Å². The second-order valence-electron chi connectivity index (χ2n) is 4.05. The van der Waals surface area contributed by atoms with Crippen LogP contribution in [0, 0.1) is 12.3 Å². The number of hydrogen-bond acceptors (Lipinski definition) is 6. The first-order valence-corrected chi connectivity index (χ1v) is 6.99. The lowest BCUT2D eigenvalue weighted by Gasteiger charge is -2.09. The number of tetrazole rings is 1. The first-order chi connectivity index (χ1) is 9.29. The van der Waals surface area contributed by atoms with Crippen LogP contribution in [0.5, 0.6) is 0 Å². The SMILES string of the molecule is C#CCNC(=O)CSc1nnnn1CC1CCCO1. The Bertz CT molecular complexity index is 464. The summed E-state index contributed by atoms with van der Waals surface area (Å²) in [6, 6.07) is 0. The van der Waals surface area contributed by atoms with E-state index in [0.29, 0.717) is 11.7 Å². The molecule has 1 unspecified atom stereocenters. The topological polar surface area (TPSA) is 81.9 Å². The molecule has 1 saturated heterocycles. The maximum Gasteiger partial charge on any atom is 0.231 e. The fourth-order valence-electron chi connectivity index (χ4n) is 1.73. The first kappa shape index (κ1) is 13.8. The van der Waals surface area contributed by atoms with E-state index in [4.69, 9.17) is 11.2 Å². The van der Waals surface area contributed by atoms with Gasteiger partial charge >= 0.3 is 0 Å². The second-order valence-corrected chi connectivity index (χ2v) is 4.99. The maximum absolute atomic E-state index is 11.4. The Morgan fingerprint density at radius 3 is 3.32 bits per heavy atom. The van der Waals surface area contributed by atoms with Gasteiger partial charge in [-0.2, -0.15) is 0 Å². The van der Waals surface area contributed by atoms with Crippen LogP contribution >= 0.6 is 11.8 Å². The number of rotatable bonds is 6. The van der Waals surface area contributed by atoms with Gasteiger partial charge < -0.3 is 10.1 Å². The van der Waals surface area contributed by atoms with E-state index < -0.39 is 0 Å². The van der Waals surface area contributed by atoms with E-state index in [0.717, 1.165) is 19.4 Å². The van der Waals surface area contributed by atoms with Crippen LogP contribution in [0.25, 0.3) is 0 Å². The number of hydrogen-bond donors (Lipinski definition) is 1. The number of nitrogens with zero attached hydrogens (tertiary/aromatic N) is 4. The third kappa shape index (κ3) is 4.22. The summed E-state index contributed by atoms with van der Waals surface area (Å²) in [5.41, 5.74) is 0. The lowest BCUT2D eigenvalue weighted by Crippen LogP contribution is -2.25. The zero-order chi connectivity index (χ0) is 13.5. The third-order valence-corrected chi connectivity index (χ3v) is 3.58. The van der Waals surface area contributed by atoms with Crippen LogP contribution in [-0.4, -0.2) is 51.1 Å². The Morgan fingerprint density at radius 2 is 2.58 bits per heavy atom. The van der Waals surface area contributed by atoms with Gasteiger partial charge in [0.1, 0.15) is 0 Å². The molecule has 102 valence electrons. The van der Waals surface area contributed by atoms with Gasteiger partial charge in [0, 0.05) is 6.61 Å². The second kappa shape index (κ2) is 7.11. The van der Waals surface area contributed by atoms with Gasteiger partial charge in [0.25, 0.3) is 0 Å². The van der Waals surface area contributed by atoms with Crippen LogP contribution in [0.1, 0.15) is 12.8 Å². The molecule has 0 bridgehead atoms. The molecule has 7 nitrogen and oxygen atoms in total. The molecule has 1 aliphatic heterocycles. The van der Waals surface area contributed by atoms with E-state index in [2.05, 4.69) is 26.8 Å². The van der Waals surface area contributed by atoms with Gasteiger partial charge in [-0.1, -0.05) is 17.7 Å². The number of aromatic nitrogens is 4. The summed E-state index contributed by atoms with van der Waals surface area (Å²) in [7, 11) is 0. The minimum absolute atomic E-state index is 0.130. The van der Waals surface area contributed by atoms with Crippen LogP contribution in [0.2, 0.25) is 0 Å². The maximum atomic E-state index is 11.4. The Labute approximate surface area is 115 Å². The highest BCUT2D eigenvalue weighted by Gasteiger charge is 2.19. The fourth-order valence-corrected chi connectivity index (χ4v) is 2.44. The molecule has 1 fully saturated rings. The average molecular weight is 281 g/mol. The van der Waals surface area contributed by atoms with Crippen LogP contribution in [0.4, 0.5) is 0 Å². The highest BCUT2D eigenvalue weighted by atomic mass is 32.2. The molecule has 0 aromatic carbocycles. The molecule has 2 heterocycles. The number of nitrogens with one attached hydrogen (secondary N) is 1. The van der Waals surface area contributed by atoms with Crippen LogP contribution in [0.3, 0.4) is 0 Å². The molecule has 1 N–H and O–H groups in total. The van der Waals surface area contributed by atoms with E-state index in [1.807, 2.05) is 0 Å². The van der Waals surface area contributed by atoms with Crippen LogP contribution < -0.4 is 5.32 Å². The third-order valence-electron chi connectivity index (χ3n) is 2.62. The van der Waals surface area contributed by atoms with Crippen molar-refractivity contribution in [3.8, 4) is 12.3 Å². The molecule has 1 aliphatic rings. The predicted molar refractivity (Wildman–Crippen MR) is 69.4 cm³/mol. The quantitative estimate of drug-likeness (QED) is 0.569. The number of amides is 1. The van der Waals surface area contributed by atoms with Crippen molar-refractivity contribution in [3.63, 3.8) is 0 Å². The highest BCUT2D eigenvalue weighted by molar-refractivity contribution is 7.99. The van der Waals surface area contributed by atoms with Crippen LogP contribution in [-0.2, 0) is 16.1 Å². The zero-order valence-electron chi connectivity index (χ0n) is 10.4. The minimum atomic E-state index is -0.130. The number of ether oxygens (including phenoxy) is 1. The van der Waals surface area contributed by atoms with E-state index in [1.54, 1.807) is 4.68 Å². The number of terminal acetylenes is 1. The van der Waals surface area contributed by atoms with E-state index in [9.17, 15) is 4.79 Å². The molecule has 1 aromatic rings. The van der Waals surface area contributed by atoms with Crippen molar-refractivity contribution in [1.29, 1.82) is 0 Å². The zero-order valence-corrected chi connectivity index (χ0v) is 11.2. The van der Waals surface area contributed by atoms with Gasteiger partial charge in [-0.3, -0.25) is 4.79 Å². The molecular weight excluding hydrogens is 266 g/mol. The lowest BCUT2D eigenvalue weighted by molar-refractivity contribution is -0.118. The van der Waals surface area contributed by atoms with Gasteiger partial charge in [-0.15, -0.1) is 11.5 Å². The monoisotopic (exact) mass is 281 g/mol. The minimum Gasteiger partial charge on any atom is -0.376 e. The molecular formula is C11H15N5O2S. The van der Waals surface area contributed by atoms with Gasteiger partial charge in [0.15, 0.2) is 0 Å². The molecule has 0 saturated carbocycles. The van der Waals surface area contributed by atoms with Crippen molar-refractivity contribution >= 4 is 17.7 Å². The van der Waals surface area contributed by atoms with Gasteiger partial charge in [0.2, 0.25) is 11.1 Å². The molecule has 1 atom stereocenters. The van der Waals surface area contributed by atoms with Crippen molar-refractivity contribution in [1.82, 2.24) is 25.5 Å². The number of carbonyl (C=O) groups is 1. The van der Waals surface area contributed by atoms with Crippen molar-refractivity contribution in [2.75, 3.05) is 18.9 Å². The highest BCUT2D eigenvalue weighted by Crippen LogP contribution is 2.18. The molecule has 1 aromatic heterocycles. The van der Waals surface area contributed by atoms with Crippen molar-refractivity contribution < 1.29 is 9.53 Å². The summed E-state index contributed by atoms with van der Waals surface area (Å²) in [6.07, 6.45) is 7.32. The molecule has 19 heavy (non-hydrogen) atoms. The molecule has 0 aliphatic carbocycles. The summed E-state index contributed by atoms with van der Waals surface area (Å²) in [5, 5.41) is 14.6. The molecule has 0 spiro atoms. The molecule has 8 heteroatoms. The van der Waals surface area contributed by atoms with E-state index in [-0.39, 0.29) is 24.3 Å². The Hall–Kier alpha value is -1.59. The summed E-state index contributed by atoms with van der Waals surface area (Å²) in [4.78, 5) is 11.4. The predicted octanol–water partition coefficient (Wildman–Crippen LogP) is -0.306. The fraction of sp³-hybridized carbons (Fsp3) is 0.636. The Kier molecular flexibility index (Phi) is 5.18. The summed E-state index contributed by atoms with van der Waals surface area (Å²) in [6.45, 7) is 1.66. The average Bonchev–Trinajstić information content (AvgIpc) is 3.06. The summed E-state index contributed by atoms with van der Waals surface area (Å²) < 4.78 is 7.21. The molecule has 0 radical (unpaired) electrons. The molecule has 1 amide bonds. The number of thioether (sulfide) groups is 1. The summed E-state index contributed by atoms with van der Waals surface area (Å²) >= 11 is 1.29. The van der Waals surface area contributed by atoms with Gasteiger partial charge in [-0.25, -0.2) is 4.68 Å². The van der Waals surface area contributed by atoms with E-state index in [1.165, 1.54) is 11.8 Å². The van der Waals surface area contributed by atoms with Gasteiger partial charge in [-0.05, 0) is 23.3 Å². The van der Waals surface area contributed by atoms with Crippen LogP contribution in [0.15, 0.2) is 5.16 Å². The Balaban J connectivity index is 1.82. The van der Waals surface area contributed by atoms with Crippen molar-refractivity contribution in [3.05, 3.63) is 0 Å². The lowest BCUT2D eigenvalue weighted by atomic mass is 10.2. The van der Waals surface area contributed by atoms with E-state index >= 15 is 0 Å². The standard InChI is InChI=1S/C11H15N5O2S/c1-2-5-12-10(17)8-19-11-13-14-15-16(11)7-9-4-3-6-18-9/h1,9H,3-8H2,(H,12,17). The summed E-state index contributed by atoms with van der Waals surface area (Å²) in [5.74, 6) is 2.46. The van der Waals surface area contributed by atoms with Crippen molar-refractivity contribution in [2.24, 2.45) is 0 Å².